The fourth-order valence-corrected chi connectivity index (χ4v) is 2.62. The van der Waals surface area contributed by atoms with E-state index < -0.39 is 41.4 Å². The van der Waals surface area contributed by atoms with Gasteiger partial charge < -0.3 is 20.7 Å². The first-order valence-corrected chi connectivity index (χ1v) is 9.34. The number of ether oxygens (including phenoxy) is 1. The minimum absolute atomic E-state index is 0.0597. The maximum atomic E-state index is 13.6. The summed E-state index contributed by atoms with van der Waals surface area (Å²) in [5.74, 6) is -3.37. The van der Waals surface area contributed by atoms with Gasteiger partial charge in [0, 0.05) is 13.1 Å². The molecule has 2 aromatic carbocycles. The number of carbonyl (C=O) groups is 3. The van der Waals surface area contributed by atoms with Crippen molar-refractivity contribution < 1.29 is 27.9 Å². The highest BCUT2D eigenvalue weighted by Crippen LogP contribution is 2.17. The number of hydrogen-bond acceptors (Lipinski definition) is 4. The lowest BCUT2D eigenvalue weighted by molar-refractivity contribution is -0.131. The van der Waals surface area contributed by atoms with Gasteiger partial charge in [0.25, 0.3) is 0 Å². The summed E-state index contributed by atoms with van der Waals surface area (Å²) in [7, 11) is 2.89. The molecule has 0 radical (unpaired) electrons. The van der Waals surface area contributed by atoms with Crippen molar-refractivity contribution in [3.8, 4) is 5.75 Å². The summed E-state index contributed by atoms with van der Waals surface area (Å²) in [4.78, 5) is 36.7. The van der Waals surface area contributed by atoms with Crippen molar-refractivity contribution in [3.63, 3.8) is 0 Å². The van der Waals surface area contributed by atoms with Crippen LogP contribution in [0, 0.1) is 11.6 Å². The van der Waals surface area contributed by atoms with Gasteiger partial charge in [0.05, 0.1) is 7.11 Å². The summed E-state index contributed by atoms with van der Waals surface area (Å²) in [6.45, 7) is 1.43. The number of amides is 3. The lowest BCUT2D eigenvalue weighted by atomic mass is 10.1. The summed E-state index contributed by atoms with van der Waals surface area (Å²) in [5, 5.41) is 7.26. The molecule has 0 bridgehead atoms. The lowest BCUT2D eigenvalue weighted by Gasteiger charge is -2.20. The maximum Gasteiger partial charge on any atom is 0.246 e. The van der Waals surface area contributed by atoms with Crippen LogP contribution < -0.4 is 20.7 Å². The molecule has 2 aromatic rings. The van der Waals surface area contributed by atoms with Crippen LogP contribution in [0.2, 0.25) is 0 Å². The molecule has 7 nitrogen and oxygen atoms in total. The normalized spacial score (nSPS) is 12.7. The summed E-state index contributed by atoms with van der Waals surface area (Å²) in [6.07, 6.45) is 2.82. The number of hydrogen-bond donors (Lipinski definition) is 3. The number of benzene rings is 2. The first-order chi connectivity index (χ1) is 14.7. The van der Waals surface area contributed by atoms with Crippen LogP contribution in [-0.4, -0.2) is 37.9 Å². The molecule has 3 amide bonds. The van der Waals surface area contributed by atoms with Crippen molar-refractivity contribution in [2.24, 2.45) is 0 Å². The number of likely N-dealkylation sites (N-methyl/N-ethyl adjacent to an activating group) is 1. The second kappa shape index (κ2) is 10.9. The second-order valence-electron chi connectivity index (χ2n) is 6.57. The molecule has 9 heteroatoms. The first-order valence-electron chi connectivity index (χ1n) is 9.34. The Balaban J connectivity index is 2.02. The van der Waals surface area contributed by atoms with E-state index in [0.29, 0.717) is 5.75 Å². The van der Waals surface area contributed by atoms with Crippen molar-refractivity contribution in [1.29, 1.82) is 0 Å². The summed E-state index contributed by atoms with van der Waals surface area (Å²) >= 11 is 0. The van der Waals surface area contributed by atoms with Crippen LogP contribution in [0.4, 0.5) is 8.78 Å². The number of methoxy groups -OCH3 is 1. The van der Waals surface area contributed by atoms with Gasteiger partial charge in [-0.15, -0.1) is 0 Å². The average Bonchev–Trinajstić information content (AvgIpc) is 2.77. The third-order valence-electron chi connectivity index (χ3n) is 4.37. The number of halogens is 2. The van der Waals surface area contributed by atoms with E-state index in [9.17, 15) is 23.2 Å². The van der Waals surface area contributed by atoms with E-state index >= 15 is 0 Å². The Hall–Kier alpha value is -3.75. The summed E-state index contributed by atoms with van der Waals surface area (Å²) < 4.78 is 31.8. The maximum absolute atomic E-state index is 13.6. The van der Waals surface area contributed by atoms with Gasteiger partial charge in [0.2, 0.25) is 17.7 Å². The van der Waals surface area contributed by atoms with Gasteiger partial charge in [-0.1, -0.05) is 18.2 Å². The predicted molar refractivity (Wildman–Crippen MR) is 111 cm³/mol. The molecular formula is C22H23F2N3O4. The van der Waals surface area contributed by atoms with Crippen molar-refractivity contribution in [3.05, 3.63) is 71.3 Å². The molecule has 31 heavy (non-hydrogen) atoms. The van der Waals surface area contributed by atoms with Gasteiger partial charge >= 0.3 is 0 Å². The Kier molecular flexibility index (Phi) is 8.25. The van der Waals surface area contributed by atoms with Crippen molar-refractivity contribution in [1.82, 2.24) is 16.0 Å². The first kappa shape index (κ1) is 23.5. The van der Waals surface area contributed by atoms with Gasteiger partial charge in [0.15, 0.2) is 11.6 Å². The van der Waals surface area contributed by atoms with E-state index in [1.807, 2.05) is 0 Å². The van der Waals surface area contributed by atoms with Crippen molar-refractivity contribution in [2.75, 3.05) is 14.2 Å². The molecule has 0 aromatic heterocycles. The molecular weight excluding hydrogens is 408 g/mol. The Labute approximate surface area is 178 Å². The van der Waals surface area contributed by atoms with Crippen LogP contribution in [0.3, 0.4) is 0 Å². The Morgan fingerprint density at radius 2 is 1.65 bits per heavy atom. The van der Waals surface area contributed by atoms with Crippen LogP contribution in [0.25, 0.3) is 6.08 Å². The molecule has 0 fully saturated rings. The fraction of sp³-hybridized carbons (Fsp3) is 0.227. The number of carbonyl (C=O) groups excluding carboxylic acids is 3. The van der Waals surface area contributed by atoms with E-state index in [-0.39, 0.29) is 5.56 Å². The van der Waals surface area contributed by atoms with Crippen molar-refractivity contribution >= 4 is 23.8 Å². The smallest absolute Gasteiger partial charge is 0.246 e. The molecule has 0 aliphatic rings. The van der Waals surface area contributed by atoms with Gasteiger partial charge in [-0.2, -0.15) is 0 Å². The zero-order chi connectivity index (χ0) is 23.0. The van der Waals surface area contributed by atoms with Crippen LogP contribution in [0.5, 0.6) is 5.75 Å². The van der Waals surface area contributed by atoms with E-state index in [1.54, 1.807) is 37.5 Å². The van der Waals surface area contributed by atoms with Gasteiger partial charge in [0.1, 0.15) is 17.8 Å². The molecule has 0 aliphatic carbocycles. The third kappa shape index (κ3) is 6.63. The van der Waals surface area contributed by atoms with E-state index in [0.717, 1.165) is 17.7 Å². The molecule has 0 heterocycles. The zero-order valence-corrected chi connectivity index (χ0v) is 17.2. The van der Waals surface area contributed by atoms with Crippen LogP contribution in [0.15, 0.2) is 48.5 Å². The lowest BCUT2D eigenvalue weighted by Crippen LogP contribution is -2.48. The number of nitrogens with one attached hydrogen (secondary N) is 3. The fourth-order valence-electron chi connectivity index (χ4n) is 2.62. The van der Waals surface area contributed by atoms with Gasteiger partial charge in [-0.3, -0.25) is 14.4 Å². The third-order valence-corrected chi connectivity index (χ3v) is 4.37. The quantitative estimate of drug-likeness (QED) is 0.558. The van der Waals surface area contributed by atoms with Gasteiger partial charge in [-0.05, 0) is 48.4 Å². The highest BCUT2D eigenvalue weighted by atomic mass is 19.2. The highest BCUT2D eigenvalue weighted by Gasteiger charge is 2.25. The molecule has 0 saturated heterocycles. The predicted octanol–water partition coefficient (Wildman–Crippen LogP) is 2.09. The molecule has 0 saturated carbocycles. The second-order valence-corrected chi connectivity index (χ2v) is 6.57. The molecule has 164 valence electrons. The van der Waals surface area contributed by atoms with Crippen molar-refractivity contribution in [2.45, 2.75) is 19.0 Å². The monoisotopic (exact) mass is 431 g/mol. The summed E-state index contributed by atoms with van der Waals surface area (Å²) in [6, 6.07) is 7.63. The number of rotatable bonds is 8. The molecule has 2 rings (SSSR count). The minimum atomic E-state index is -1.26. The van der Waals surface area contributed by atoms with E-state index in [4.69, 9.17) is 4.74 Å². The Bertz CT molecular complexity index is 977. The standard InChI is InChI=1S/C22H23F2N3O4/c1-13(26-19(28)11-6-14-4-8-16(31-3)9-5-14)21(29)27-20(22(30)25-2)15-7-10-17(23)18(24)12-15/h4-13,20H,1-3H3,(H,25,30)(H,26,28)(H,27,29)/b11-6+. The average molecular weight is 431 g/mol. The van der Waals surface area contributed by atoms with Gasteiger partial charge in [-0.25, -0.2) is 8.78 Å². The largest absolute Gasteiger partial charge is 0.497 e. The van der Waals surface area contributed by atoms with E-state index in [2.05, 4.69) is 16.0 Å². The Morgan fingerprint density at radius 3 is 2.23 bits per heavy atom. The van der Waals surface area contributed by atoms with Crippen LogP contribution >= 0.6 is 0 Å². The zero-order valence-electron chi connectivity index (χ0n) is 17.2. The Morgan fingerprint density at radius 1 is 0.968 bits per heavy atom. The highest BCUT2D eigenvalue weighted by molar-refractivity contribution is 5.96. The molecule has 2 atom stereocenters. The van der Waals surface area contributed by atoms with Crippen LogP contribution in [0.1, 0.15) is 24.1 Å². The summed E-state index contributed by atoms with van der Waals surface area (Å²) in [5.41, 5.74) is 0.815. The molecule has 2 unspecified atom stereocenters. The van der Waals surface area contributed by atoms with E-state index in [1.165, 1.54) is 26.1 Å². The topological polar surface area (TPSA) is 96.5 Å². The molecule has 3 N–H and O–H groups in total. The molecule has 0 aliphatic heterocycles. The molecule has 0 spiro atoms. The SMILES string of the molecule is CNC(=O)C(NC(=O)C(C)NC(=O)/C=C/c1ccc(OC)cc1)c1ccc(F)c(F)c1. The van der Waals surface area contributed by atoms with Crippen LogP contribution in [-0.2, 0) is 14.4 Å². The minimum Gasteiger partial charge on any atom is -0.497 e.